The summed E-state index contributed by atoms with van der Waals surface area (Å²) in [5.41, 5.74) is 0.397. The van der Waals surface area contributed by atoms with Crippen LogP contribution in [0, 0.1) is 10.7 Å². The molecule has 0 aliphatic heterocycles. The molecule has 18 heavy (non-hydrogen) atoms. The van der Waals surface area contributed by atoms with Crippen molar-refractivity contribution in [3.8, 4) is 5.75 Å². The zero-order valence-electron chi connectivity index (χ0n) is 9.63. The fourth-order valence-electron chi connectivity index (χ4n) is 1.07. The van der Waals surface area contributed by atoms with Crippen molar-refractivity contribution in [1.82, 2.24) is 0 Å². The lowest BCUT2D eigenvalue weighted by Crippen LogP contribution is -2.13. The third-order valence-electron chi connectivity index (χ3n) is 1.87. The van der Waals surface area contributed by atoms with Gasteiger partial charge in [-0.1, -0.05) is 6.58 Å². The molecule has 0 fully saturated rings. The van der Waals surface area contributed by atoms with Crippen LogP contribution in [0.3, 0.4) is 0 Å². The summed E-state index contributed by atoms with van der Waals surface area (Å²) in [5, 5.41) is 0. The molecule has 0 spiro atoms. The molecule has 0 atom stereocenters. The number of rotatable bonds is 5. The average Bonchev–Trinajstić information content (AvgIpc) is 2.26. The quantitative estimate of drug-likeness (QED) is 0.228. The Hall–Kier alpha value is 0.420. The highest BCUT2D eigenvalue weighted by Crippen LogP contribution is 2.29. The van der Waals surface area contributed by atoms with E-state index < -0.39 is 0 Å². The summed E-state index contributed by atoms with van der Waals surface area (Å²) >= 11 is 6.73. The Kier molecular flexibility index (Phi) is 7.21. The van der Waals surface area contributed by atoms with E-state index in [1.165, 1.54) is 3.57 Å². The highest BCUT2D eigenvalue weighted by Gasteiger charge is 2.08. The molecule has 0 bridgehead atoms. The van der Waals surface area contributed by atoms with Crippen LogP contribution in [0.25, 0.3) is 0 Å². The number of halogens is 3. The van der Waals surface area contributed by atoms with E-state index in [1.807, 2.05) is 12.1 Å². The molecule has 0 heterocycles. The van der Waals surface area contributed by atoms with Gasteiger partial charge in [0.1, 0.15) is 19.0 Å². The molecule has 0 radical (unpaired) electrons. The molecule has 0 N–H and O–H groups in total. The Morgan fingerprint density at radius 3 is 2.28 bits per heavy atom. The van der Waals surface area contributed by atoms with Crippen LogP contribution in [-0.4, -0.2) is 19.2 Å². The molecule has 1 aromatic rings. The summed E-state index contributed by atoms with van der Waals surface area (Å²) < 4.78 is 13.9. The van der Waals surface area contributed by atoms with Crippen molar-refractivity contribution in [2.24, 2.45) is 0 Å². The number of hydrogen-bond acceptors (Lipinski definition) is 3. The molecule has 0 unspecified atom stereocenters. The first-order valence-corrected chi connectivity index (χ1v) is 8.25. The largest absolute Gasteiger partial charge is 0.488 e. The number of benzene rings is 1. The van der Waals surface area contributed by atoms with Gasteiger partial charge >= 0.3 is 5.97 Å². The van der Waals surface area contributed by atoms with Gasteiger partial charge in [0.2, 0.25) is 0 Å². The summed E-state index contributed by atoms with van der Waals surface area (Å²) in [6.07, 6.45) is 0. The topological polar surface area (TPSA) is 35.5 Å². The van der Waals surface area contributed by atoms with E-state index in [-0.39, 0.29) is 12.6 Å². The van der Waals surface area contributed by atoms with Gasteiger partial charge in [0.15, 0.2) is 0 Å². The van der Waals surface area contributed by atoms with E-state index in [4.69, 9.17) is 9.47 Å². The van der Waals surface area contributed by atoms with Crippen LogP contribution in [0.2, 0.25) is 0 Å². The molecule has 0 amide bonds. The molecule has 0 aliphatic carbocycles. The first-order valence-electron chi connectivity index (χ1n) is 5.01. The Labute approximate surface area is 147 Å². The van der Waals surface area contributed by atoms with Crippen LogP contribution in [0.15, 0.2) is 24.3 Å². The summed E-state index contributed by atoms with van der Waals surface area (Å²) in [6, 6.07) is 4.08. The minimum absolute atomic E-state index is 0.226. The summed E-state index contributed by atoms with van der Waals surface area (Å²) in [4.78, 5) is 11.2. The standard InChI is InChI=1S/C12H11I3O3/c1-7(2)12(16)18-4-3-17-11-9(14)5-8(13)6-10(11)15/h5-6H,1,3-4H2,2H3. The van der Waals surface area contributed by atoms with Gasteiger partial charge in [-0.2, -0.15) is 0 Å². The lowest BCUT2D eigenvalue weighted by atomic mass is 10.3. The summed E-state index contributed by atoms with van der Waals surface area (Å²) in [6.45, 7) is 5.70. The second kappa shape index (κ2) is 7.88. The minimum Gasteiger partial charge on any atom is -0.488 e. The molecule has 1 aromatic carbocycles. The number of carbonyl (C=O) groups excluding carboxylic acids is 1. The molecular formula is C12H11I3O3. The summed E-state index contributed by atoms with van der Waals surface area (Å²) in [7, 11) is 0. The van der Waals surface area contributed by atoms with Gasteiger partial charge < -0.3 is 9.47 Å². The zero-order chi connectivity index (χ0) is 13.7. The summed E-state index contributed by atoms with van der Waals surface area (Å²) in [5.74, 6) is 0.452. The fourth-order valence-corrected chi connectivity index (χ4v) is 4.96. The van der Waals surface area contributed by atoms with Crippen LogP contribution < -0.4 is 4.74 Å². The van der Waals surface area contributed by atoms with E-state index in [2.05, 4.69) is 74.4 Å². The van der Waals surface area contributed by atoms with Crippen molar-refractivity contribution in [2.75, 3.05) is 13.2 Å². The molecule has 98 valence electrons. The molecule has 0 saturated carbocycles. The first kappa shape index (κ1) is 16.5. The van der Waals surface area contributed by atoms with E-state index in [0.717, 1.165) is 12.9 Å². The van der Waals surface area contributed by atoms with Crippen molar-refractivity contribution in [1.29, 1.82) is 0 Å². The molecule has 0 aromatic heterocycles. The highest BCUT2D eigenvalue weighted by atomic mass is 127. The van der Waals surface area contributed by atoms with E-state index in [0.29, 0.717) is 12.2 Å². The molecule has 6 heteroatoms. The van der Waals surface area contributed by atoms with Crippen molar-refractivity contribution < 1.29 is 14.3 Å². The van der Waals surface area contributed by atoms with E-state index >= 15 is 0 Å². The van der Waals surface area contributed by atoms with Crippen LogP contribution in [0.1, 0.15) is 6.92 Å². The Bertz CT molecular complexity index is 449. The Morgan fingerprint density at radius 2 is 1.78 bits per heavy atom. The molecule has 0 saturated heterocycles. The first-order chi connectivity index (χ1) is 8.41. The number of ether oxygens (including phenoxy) is 2. The number of hydrogen-bond donors (Lipinski definition) is 0. The Morgan fingerprint density at radius 1 is 1.22 bits per heavy atom. The monoisotopic (exact) mass is 584 g/mol. The molecule has 3 nitrogen and oxygen atoms in total. The molecular weight excluding hydrogens is 573 g/mol. The average molecular weight is 584 g/mol. The van der Waals surface area contributed by atoms with Crippen LogP contribution in [0.4, 0.5) is 0 Å². The van der Waals surface area contributed by atoms with Gasteiger partial charge in [0, 0.05) is 9.14 Å². The predicted molar refractivity (Wildman–Crippen MR) is 95.9 cm³/mol. The van der Waals surface area contributed by atoms with Crippen molar-refractivity contribution in [2.45, 2.75) is 6.92 Å². The fraction of sp³-hybridized carbons (Fsp3) is 0.250. The highest BCUT2D eigenvalue weighted by molar-refractivity contribution is 14.1. The minimum atomic E-state index is -0.384. The smallest absolute Gasteiger partial charge is 0.333 e. The maximum Gasteiger partial charge on any atom is 0.333 e. The molecule has 1 rings (SSSR count). The lowest BCUT2D eigenvalue weighted by molar-refractivity contribution is -0.139. The van der Waals surface area contributed by atoms with Gasteiger partial charge in [-0.25, -0.2) is 4.79 Å². The number of carbonyl (C=O) groups is 1. The normalized spacial score (nSPS) is 10.0. The van der Waals surface area contributed by atoms with Crippen molar-refractivity contribution in [3.63, 3.8) is 0 Å². The van der Waals surface area contributed by atoms with Gasteiger partial charge in [-0.3, -0.25) is 0 Å². The van der Waals surface area contributed by atoms with Crippen LogP contribution in [-0.2, 0) is 9.53 Å². The Balaban J connectivity index is 2.50. The van der Waals surface area contributed by atoms with Gasteiger partial charge in [-0.15, -0.1) is 0 Å². The third-order valence-corrected chi connectivity index (χ3v) is 4.10. The number of esters is 1. The van der Waals surface area contributed by atoms with Crippen LogP contribution >= 0.6 is 67.8 Å². The SMILES string of the molecule is C=C(C)C(=O)OCCOc1c(I)cc(I)cc1I. The van der Waals surface area contributed by atoms with Gasteiger partial charge in [0.05, 0.1) is 7.14 Å². The van der Waals surface area contributed by atoms with Crippen molar-refractivity contribution >= 4 is 73.7 Å². The predicted octanol–water partition coefficient (Wildman–Crippen LogP) is 4.00. The maximum absolute atomic E-state index is 11.2. The van der Waals surface area contributed by atoms with Crippen LogP contribution in [0.5, 0.6) is 5.75 Å². The maximum atomic E-state index is 11.2. The zero-order valence-corrected chi connectivity index (χ0v) is 16.1. The lowest BCUT2D eigenvalue weighted by Gasteiger charge is -2.11. The van der Waals surface area contributed by atoms with E-state index in [1.54, 1.807) is 6.92 Å². The second-order valence-electron chi connectivity index (χ2n) is 3.46. The molecule has 0 aliphatic rings. The van der Waals surface area contributed by atoms with E-state index in [9.17, 15) is 4.79 Å². The van der Waals surface area contributed by atoms with Crippen molar-refractivity contribution in [3.05, 3.63) is 35.0 Å². The van der Waals surface area contributed by atoms with Gasteiger partial charge in [-0.05, 0) is 86.8 Å². The second-order valence-corrected chi connectivity index (χ2v) is 7.03. The third kappa shape index (κ3) is 5.19. The van der Waals surface area contributed by atoms with Gasteiger partial charge in [0.25, 0.3) is 0 Å².